The number of rotatable bonds is 6. The number of likely N-dealkylation sites (tertiary alicyclic amines) is 2. The number of hydrogen-bond donors (Lipinski definition) is 0. The summed E-state index contributed by atoms with van der Waals surface area (Å²) in [6, 6.07) is 2.40. The van der Waals surface area contributed by atoms with Gasteiger partial charge in [-0.25, -0.2) is 4.98 Å². The number of imidazole rings is 1. The molecular weight excluding hydrogens is 352 g/mol. The number of amides is 1. The first-order valence-electron chi connectivity index (χ1n) is 10.6. The van der Waals surface area contributed by atoms with Crippen LogP contribution in [0.3, 0.4) is 0 Å². The van der Waals surface area contributed by atoms with Crippen LogP contribution < -0.4 is 0 Å². The quantitative estimate of drug-likeness (QED) is 0.769. The van der Waals surface area contributed by atoms with Gasteiger partial charge in [0.25, 0.3) is 0 Å². The average Bonchev–Trinajstić information content (AvgIpc) is 3.09. The maximum atomic E-state index is 13.6. The number of hydrogen-bond acceptors (Lipinski definition) is 4. The molecule has 1 amide bonds. The van der Waals surface area contributed by atoms with Crippen molar-refractivity contribution in [1.82, 2.24) is 19.4 Å². The Labute approximate surface area is 166 Å². The highest BCUT2D eigenvalue weighted by atomic mass is 16.3. The fourth-order valence-corrected chi connectivity index (χ4v) is 5.07. The van der Waals surface area contributed by atoms with Gasteiger partial charge in [-0.3, -0.25) is 9.69 Å². The van der Waals surface area contributed by atoms with E-state index in [-0.39, 0.29) is 11.3 Å². The minimum atomic E-state index is -0.325. The van der Waals surface area contributed by atoms with Gasteiger partial charge in [-0.05, 0) is 45.1 Å². The molecule has 3 fully saturated rings. The second kappa shape index (κ2) is 6.76. The zero-order chi connectivity index (χ0) is 19.3. The molecular formula is C22H30N4O2. The third-order valence-electron chi connectivity index (χ3n) is 6.89. The van der Waals surface area contributed by atoms with Crippen molar-refractivity contribution in [3.05, 3.63) is 42.4 Å². The van der Waals surface area contributed by atoms with E-state index in [1.54, 1.807) is 6.26 Å². The molecule has 2 aromatic heterocycles. The molecule has 2 aromatic rings. The van der Waals surface area contributed by atoms with E-state index in [0.29, 0.717) is 11.9 Å². The van der Waals surface area contributed by atoms with Crippen molar-refractivity contribution >= 4 is 5.91 Å². The molecule has 1 saturated carbocycles. The first-order valence-corrected chi connectivity index (χ1v) is 10.6. The van der Waals surface area contributed by atoms with E-state index >= 15 is 0 Å². The summed E-state index contributed by atoms with van der Waals surface area (Å²) in [6.07, 6.45) is 11.1. The number of carbonyl (C=O) groups excluding carboxylic acids is 1. The van der Waals surface area contributed by atoms with Gasteiger partial charge in [0.05, 0.1) is 30.0 Å². The molecule has 2 saturated heterocycles. The van der Waals surface area contributed by atoms with Crippen LogP contribution in [0.25, 0.3) is 0 Å². The lowest BCUT2D eigenvalue weighted by atomic mass is 9.75. The Hall–Kier alpha value is -2.08. The van der Waals surface area contributed by atoms with E-state index in [9.17, 15) is 4.79 Å². The predicted octanol–water partition coefficient (Wildman–Crippen LogP) is 3.29. The smallest absolute Gasteiger partial charge is 0.230 e. The monoisotopic (exact) mass is 382 g/mol. The molecule has 0 aromatic carbocycles. The van der Waals surface area contributed by atoms with Gasteiger partial charge in [-0.2, -0.15) is 0 Å². The Morgan fingerprint density at radius 2 is 2.21 bits per heavy atom. The van der Waals surface area contributed by atoms with Crippen molar-refractivity contribution in [3.8, 4) is 0 Å². The highest BCUT2D eigenvalue weighted by Crippen LogP contribution is 2.50. The van der Waals surface area contributed by atoms with E-state index in [4.69, 9.17) is 9.40 Å². The highest BCUT2D eigenvalue weighted by molar-refractivity contribution is 5.86. The Balaban J connectivity index is 1.43. The Bertz CT molecular complexity index is 839. The van der Waals surface area contributed by atoms with Crippen LogP contribution in [0, 0.1) is 11.3 Å². The standard InChI is InChI=1S/C22H30N4O2/c1-16(2)26-12-20(23-15-26)19-11-24(9-18-5-8-28-13-18)14-22(19)6-7-25(21(22)27)10-17-3-4-17/h5,8,12-13,15-17,19H,3-4,6-7,9-11,14H2,1-2H3/t19-,22+/m1/s1. The summed E-state index contributed by atoms with van der Waals surface area (Å²) < 4.78 is 7.41. The van der Waals surface area contributed by atoms with E-state index in [1.165, 1.54) is 18.4 Å². The third kappa shape index (κ3) is 3.08. The van der Waals surface area contributed by atoms with E-state index in [1.807, 2.05) is 18.7 Å². The second-order valence-electron chi connectivity index (χ2n) is 9.29. The van der Waals surface area contributed by atoms with E-state index in [0.717, 1.165) is 50.8 Å². The molecule has 0 unspecified atom stereocenters. The second-order valence-corrected chi connectivity index (χ2v) is 9.29. The summed E-state index contributed by atoms with van der Waals surface area (Å²) in [5, 5.41) is 0. The lowest BCUT2D eigenvalue weighted by molar-refractivity contribution is -0.136. The van der Waals surface area contributed by atoms with Gasteiger partial charge in [0.1, 0.15) is 0 Å². The predicted molar refractivity (Wildman–Crippen MR) is 106 cm³/mol. The van der Waals surface area contributed by atoms with Gasteiger partial charge in [0.2, 0.25) is 5.91 Å². The highest BCUT2D eigenvalue weighted by Gasteiger charge is 2.58. The lowest BCUT2D eigenvalue weighted by Crippen LogP contribution is -2.40. The van der Waals surface area contributed by atoms with Crippen LogP contribution in [-0.2, 0) is 11.3 Å². The molecule has 150 valence electrons. The molecule has 0 radical (unpaired) electrons. The van der Waals surface area contributed by atoms with Gasteiger partial charge >= 0.3 is 0 Å². The fourth-order valence-electron chi connectivity index (χ4n) is 5.07. The Morgan fingerprint density at radius 1 is 1.36 bits per heavy atom. The molecule has 28 heavy (non-hydrogen) atoms. The maximum absolute atomic E-state index is 13.6. The summed E-state index contributed by atoms with van der Waals surface area (Å²) in [6.45, 7) is 8.71. The van der Waals surface area contributed by atoms with Gasteiger partial charge in [0.15, 0.2) is 0 Å². The van der Waals surface area contributed by atoms with Crippen molar-refractivity contribution in [3.63, 3.8) is 0 Å². The molecule has 3 aliphatic rings. The van der Waals surface area contributed by atoms with Gasteiger partial charge in [-0.15, -0.1) is 0 Å². The Kier molecular flexibility index (Phi) is 4.34. The van der Waals surface area contributed by atoms with Crippen molar-refractivity contribution < 1.29 is 9.21 Å². The largest absolute Gasteiger partial charge is 0.472 e. The third-order valence-corrected chi connectivity index (χ3v) is 6.89. The van der Waals surface area contributed by atoms with Crippen molar-refractivity contribution in [2.45, 2.75) is 51.6 Å². The number of aromatic nitrogens is 2. The zero-order valence-corrected chi connectivity index (χ0v) is 16.9. The molecule has 5 rings (SSSR count). The summed E-state index contributed by atoms with van der Waals surface area (Å²) in [4.78, 5) is 22.9. The summed E-state index contributed by atoms with van der Waals surface area (Å²) >= 11 is 0. The zero-order valence-electron chi connectivity index (χ0n) is 16.9. The van der Waals surface area contributed by atoms with Crippen LogP contribution in [0.1, 0.15) is 56.3 Å². The van der Waals surface area contributed by atoms with Gasteiger partial charge < -0.3 is 13.9 Å². The number of carbonyl (C=O) groups is 1. The van der Waals surface area contributed by atoms with E-state index < -0.39 is 0 Å². The van der Waals surface area contributed by atoms with E-state index in [2.05, 4.69) is 34.4 Å². The lowest BCUT2D eigenvalue weighted by Gasteiger charge is -2.28. The molecule has 6 heteroatoms. The van der Waals surface area contributed by atoms with Crippen LogP contribution in [-0.4, -0.2) is 51.4 Å². The fraction of sp³-hybridized carbons (Fsp3) is 0.636. The first-order chi connectivity index (χ1) is 13.5. The molecule has 2 atom stereocenters. The molecule has 0 bridgehead atoms. The average molecular weight is 383 g/mol. The number of furan rings is 1. The topological polar surface area (TPSA) is 54.5 Å². The minimum Gasteiger partial charge on any atom is -0.472 e. The van der Waals surface area contributed by atoms with Gasteiger partial charge in [-0.1, -0.05) is 0 Å². The number of nitrogens with zero attached hydrogens (tertiary/aromatic N) is 4. The summed E-state index contributed by atoms with van der Waals surface area (Å²) in [5.41, 5.74) is 1.92. The van der Waals surface area contributed by atoms with Crippen LogP contribution in [0.2, 0.25) is 0 Å². The normalized spacial score (nSPS) is 28.3. The van der Waals surface area contributed by atoms with Crippen molar-refractivity contribution in [1.29, 1.82) is 0 Å². The first kappa shape index (κ1) is 18.0. The van der Waals surface area contributed by atoms with Gasteiger partial charge in [0, 0.05) is 56.4 Å². The maximum Gasteiger partial charge on any atom is 0.230 e. The van der Waals surface area contributed by atoms with Crippen LogP contribution in [0.15, 0.2) is 35.5 Å². The van der Waals surface area contributed by atoms with Crippen LogP contribution >= 0.6 is 0 Å². The molecule has 6 nitrogen and oxygen atoms in total. The molecule has 0 N–H and O–H groups in total. The van der Waals surface area contributed by atoms with Crippen molar-refractivity contribution in [2.75, 3.05) is 26.2 Å². The minimum absolute atomic E-state index is 0.163. The van der Waals surface area contributed by atoms with Crippen LogP contribution in [0.5, 0.6) is 0 Å². The van der Waals surface area contributed by atoms with Crippen molar-refractivity contribution in [2.24, 2.45) is 11.3 Å². The summed E-state index contributed by atoms with van der Waals surface area (Å²) in [7, 11) is 0. The molecule has 2 aliphatic heterocycles. The summed E-state index contributed by atoms with van der Waals surface area (Å²) in [5.74, 6) is 1.26. The SMILES string of the molecule is CC(C)n1cnc([C@H]2CN(Cc3ccoc3)C[C@@]23CCN(CC2CC2)C3=O)c1. The molecule has 1 aliphatic carbocycles. The molecule has 1 spiro atoms. The Morgan fingerprint density at radius 3 is 2.89 bits per heavy atom. The van der Waals surface area contributed by atoms with Crippen LogP contribution in [0.4, 0.5) is 0 Å². The molecule has 4 heterocycles.